The number of pyridine rings is 1. The van der Waals surface area contributed by atoms with E-state index in [1.165, 1.54) is 4.90 Å². The summed E-state index contributed by atoms with van der Waals surface area (Å²) >= 11 is 5.18. The van der Waals surface area contributed by atoms with Crippen LogP contribution in [0.2, 0.25) is 0 Å². The molecule has 0 N–H and O–H groups in total. The van der Waals surface area contributed by atoms with Gasteiger partial charge in [-0.3, -0.25) is 4.79 Å². The third-order valence-corrected chi connectivity index (χ3v) is 5.74. The van der Waals surface area contributed by atoms with Crippen molar-refractivity contribution in [3.8, 4) is 5.88 Å². The lowest BCUT2D eigenvalue weighted by Gasteiger charge is -2.32. The van der Waals surface area contributed by atoms with Gasteiger partial charge in [0.05, 0.1) is 4.47 Å². The zero-order valence-corrected chi connectivity index (χ0v) is 16.3. The molecule has 1 saturated heterocycles. The molecule has 0 bridgehead atoms. The fraction of sp³-hybridized carbons (Fsp3) is 0.368. The van der Waals surface area contributed by atoms with Crippen molar-refractivity contribution in [3.63, 3.8) is 0 Å². The van der Waals surface area contributed by atoms with Crippen LogP contribution >= 0.6 is 27.7 Å². The molecule has 1 amide bonds. The Balaban J connectivity index is 1.39. The quantitative estimate of drug-likeness (QED) is 0.649. The summed E-state index contributed by atoms with van der Waals surface area (Å²) in [5.41, 5.74) is 0. The molecule has 0 aliphatic carbocycles. The van der Waals surface area contributed by atoms with E-state index >= 15 is 0 Å². The van der Waals surface area contributed by atoms with Gasteiger partial charge in [0, 0.05) is 49.2 Å². The SMILES string of the molecule is O=C(CCSc1ccccc1)N1CCC(Oc2ncccc2Br)CC1. The van der Waals surface area contributed by atoms with Gasteiger partial charge in [-0.25, -0.2) is 4.98 Å². The summed E-state index contributed by atoms with van der Waals surface area (Å²) in [4.78, 5) is 19.8. The van der Waals surface area contributed by atoms with Crippen LogP contribution in [-0.2, 0) is 4.79 Å². The van der Waals surface area contributed by atoms with Gasteiger partial charge in [-0.1, -0.05) is 18.2 Å². The second kappa shape index (κ2) is 9.25. The first-order valence-corrected chi connectivity index (χ1v) is 10.2. The Hall–Kier alpha value is -1.53. The molecular weight excluding hydrogens is 400 g/mol. The molecule has 1 aromatic carbocycles. The molecule has 2 heterocycles. The summed E-state index contributed by atoms with van der Waals surface area (Å²) in [6, 6.07) is 14.0. The van der Waals surface area contributed by atoms with E-state index in [9.17, 15) is 4.79 Å². The second-order valence-electron chi connectivity index (χ2n) is 5.90. The number of piperidine rings is 1. The first-order valence-electron chi connectivity index (χ1n) is 8.45. The molecule has 0 spiro atoms. The van der Waals surface area contributed by atoms with Crippen LogP contribution in [0.25, 0.3) is 0 Å². The van der Waals surface area contributed by atoms with Crippen molar-refractivity contribution in [3.05, 3.63) is 53.1 Å². The van der Waals surface area contributed by atoms with E-state index < -0.39 is 0 Å². The number of amides is 1. The average molecular weight is 421 g/mol. The molecule has 0 unspecified atom stereocenters. The molecule has 0 atom stereocenters. The van der Waals surface area contributed by atoms with Crippen LogP contribution in [0, 0.1) is 0 Å². The number of likely N-dealkylation sites (tertiary alicyclic amines) is 1. The number of ether oxygens (including phenoxy) is 1. The molecule has 2 aromatic rings. The topological polar surface area (TPSA) is 42.4 Å². The zero-order valence-electron chi connectivity index (χ0n) is 13.9. The minimum atomic E-state index is 0.119. The van der Waals surface area contributed by atoms with Crippen LogP contribution in [-0.4, -0.2) is 40.7 Å². The Morgan fingerprint density at radius 3 is 2.68 bits per heavy atom. The minimum Gasteiger partial charge on any atom is -0.473 e. The molecule has 6 heteroatoms. The van der Waals surface area contributed by atoms with Gasteiger partial charge < -0.3 is 9.64 Å². The van der Waals surface area contributed by atoms with E-state index in [2.05, 4.69) is 33.0 Å². The lowest BCUT2D eigenvalue weighted by Crippen LogP contribution is -2.42. The van der Waals surface area contributed by atoms with Crippen molar-refractivity contribution >= 4 is 33.6 Å². The molecule has 1 aliphatic heterocycles. The fourth-order valence-electron chi connectivity index (χ4n) is 2.77. The van der Waals surface area contributed by atoms with Gasteiger partial charge >= 0.3 is 0 Å². The van der Waals surface area contributed by atoms with Crippen LogP contribution in [0.15, 0.2) is 58.0 Å². The number of hydrogen-bond acceptors (Lipinski definition) is 4. The van der Waals surface area contributed by atoms with Crippen LogP contribution in [0.1, 0.15) is 19.3 Å². The lowest BCUT2D eigenvalue weighted by molar-refractivity contribution is -0.132. The number of aromatic nitrogens is 1. The molecule has 1 fully saturated rings. The summed E-state index contributed by atoms with van der Waals surface area (Å²) in [6.07, 6.45) is 4.12. The van der Waals surface area contributed by atoms with Crippen molar-refractivity contribution in [2.45, 2.75) is 30.3 Å². The van der Waals surface area contributed by atoms with Gasteiger partial charge in [0.2, 0.25) is 11.8 Å². The summed E-state index contributed by atoms with van der Waals surface area (Å²) < 4.78 is 6.82. The highest BCUT2D eigenvalue weighted by Crippen LogP contribution is 2.25. The Morgan fingerprint density at radius 2 is 1.96 bits per heavy atom. The van der Waals surface area contributed by atoms with Gasteiger partial charge in [0.1, 0.15) is 6.10 Å². The van der Waals surface area contributed by atoms with Crippen LogP contribution in [0.5, 0.6) is 5.88 Å². The van der Waals surface area contributed by atoms with Gasteiger partial charge in [0.25, 0.3) is 0 Å². The molecule has 1 aromatic heterocycles. The Morgan fingerprint density at radius 1 is 1.20 bits per heavy atom. The highest BCUT2D eigenvalue weighted by molar-refractivity contribution is 9.10. The van der Waals surface area contributed by atoms with E-state index in [0.29, 0.717) is 12.3 Å². The molecule has 132 valence electrons. The largest absolute Gasteiger partial charge is 0.473 e. The predicted octanol–water partition coefficient (Wildman–Crippen LogP) is 4.40. The summed E-state index contributed by atoms with van der Waals surface area (Å²) in [7, 11) is 0. The van der Waals surface area contributed by atoms with E-state index in [4.69, 9.17) is 4.74 Å². The van der Waals surface area contributed by atoms with E-state index in [1.54, 1.807) is 18.0 Å². The molecular formula is C19H21BrN2O2S. The standard InChI is InChI=1S/C19H21BrN2O2S/c20-17-7-4-11-21-19(17)24-15-8-12-22(13-9-15)18(23)10-14-25-16-5-2-1-3-6-16/h1-7,11,15H,8-10,12-14H2. The maximum absolute atomic E-state index is 12.4. The maximum Gasteiger partial charge on any atom is 0.228 e. The second-order valence-corrected chi connectivity index (χ2v) is 7.92. The zero-order chi connectivity index (χ0) is 17.5. The summed E-state index contributed by atoms with van der Waals surface area (Å²) in [6.45, 7) is 1.51. The number of carbonyl (C=O) groups excluding carboxylic acids is 1. The smallest absolute Gasteiger partial charge is 0.228 e. The lowest BCUT2D eigenvalue weighted by atomic mass is 10.1. The Bertz CT molecular complexity index is 691. The average Bonchev–Trinajstić information content (AvgIpc) is 2.65. The van der Waals surface area contributed by atoms with Crippen molar-refractivity contribution in [1.29, 1.82) is 0 Å². The highest BCUT2D eigenvalue weighted by atomic mass is 79.9. The molecule has 25 heavy (non-hydrogen) atoms. The van der Waals surface area contributed by atoms with Crippen molar-refractivity contribution in [2.24, 2.45) is 0 Å². The molecule has 1 aliphatic rings. The van der Waals surface area contributed by atoms with Gasteiger partial charge in [-0.15, -0.1) is 11.8 Å². The van der Waals surface area contributed by atoms with Crippen LogP contribution in [0.4, 0.5) is 0 Å². The number of nitrogens with zero attached hydrogens (tertiary/aromatic N) is 2. The first kappa shape index (κ1) is 18.3. The minimum absolute atomic E-state index is 0.119. The van der Waals surface area contributed by atoms with E-state index in [-0.39, 0.29) is 12.0 Å². The Kier molecular flexibility index (Phi) is 6.76. The van der Waals surface area contributed by atoms with Gasteiger partial charge in [-0.05, 0) is 40.2 Å². The van der Waals surface area contributed by atoms with E-state index in [1.807, 2.05) is 35.2 Å². The number of hydrogen-bond donors (Lipinski definition) is 0. The Labute approximate surface area is 161 Å². The van der Waals surface area contributed by atoms with Crippen molar-refractivity contribution in [1.82, 2.24) is 9.88 Å². The number of carbonyl (C=O) groups is 1. The van der Waals surface area contributed by atoms with Gasteiger partial charge in [-0.2, -0.15) is 0 Å². The van der Waals surface area contributed by atoms with Crippen LogP contribution < -0.4 is 4.74 Å². The predicted molar refractivity (Wildman–Crippen MR) is 104 cm³/mol. The monoisotopic (exact) mass is 420 g/mol. The number of benzene rings is 1. The fourth-order valence-corrected chi connectivity index (χ4v) is 3.98. The van der Waals surface area contributed by atoms with Crippen molar-refractivity contribution < 1.29 is 9.53 Å². The first-order chi connectivity index (χ1) is 12.2. The van der Waals surface area contributed by atoms with Crippen molar-refractivity contribution in [2.75, 3.05) is 18.8 Å². The van der Waals surface area contributed by atoms with E-state index in [0.717, 1.165) is 36.2 Å². The summed E-state index contributed by atoms with van der Waals surface area (Å²) in [5.74, 6) is 1.69. The molecule has 4 nitrogen and oxygen atoms in total. The molecule has 0 radical (unpaired) electrons. The molecule has 0 saturated carbocycles. The molecule has 3 rings (SSSR count). The number of halogens is 1. The number of rotatable bonds is 6. The summed E-state index contributed by atoms with van der Waals surface area (Å²) in [5, 5.41) is 0. The third kappa shape index (κ3) is 5.47. The normalized spacial score (nSPS) is 15.2. The maximum atomic E-state index is 12.4. The van der Waals surface area contributed by atoms with Gasteiger partial charge in [0.15, 0.2) is 0 Å². The number of thioether (sulfide) groups is 1. The highest BCUT2D eigenvalue weighted by Gasteiger charge is 2.24. The van der Waals surface area contributed by atoms with Crippen LogP contribution in [0.3, 0.4) is 0 Å². The third-order valence-electron chi connectivity index (χ3n) is 4.13.